The molecule has 0 saturated heterocycles. The number of aryl methyl sites for hydroxylation is 5. The van der Waals surface area contributed by atoms with E-state index in [4.69, 9.17) is 23.8 Å². The Bertz CT molecular complexity index is 5260. The minimum atomic E-state index is -4.51. The van der Waals surface area contributed by atoms with E-state index in [0.29, 0.717) is 76.7 Å². The number of amides is 4. The van der Waals surface area contributed by atoms with Crippen molar-refractivity contribution in [1.82, 2.24) is 44.1 Å². The first-order valence-corrected chi connectivity index (χ1v) is 39.0. The van der Waals surface area contributed by atoms with Gasteiger partial charge in [0.25, 0.3) is 33.0 Å². The number of H-pyrrole nitrogens is 1. The molecule has 570 valence electrons. The van der Waals surface area contributed by atoms with Crippen molar-refractivity contribution in [3.05, 3.63) is 188 Å². The maximum Gasteiger partial charge on any atom is 1.00 e. The summed E-state index contributed by atoms with van der Waals surface area (Å²) in [6.45, 7) is 17.1. The van der Waals surface area contributed by atoms with Crippen molar-refractivity contribution in [3.8, 4) is 28.8 Å². The van der Waals surface area contributed by atoms with Gasteiger partial charge in [0, 0.05) is 52.2 Å². The van der Waals surface area contributed by atoms with Crippen LogP contribution in [0.25, 0.3) is 15.8 Å². The fourth-order valence-corrected chi connectivity index (χ4v) is 14.6. The molecule has 108 heavy (non-hydrogen) atoms. The number of rotatable bonds is 19. The van der Waals surface area contributed by atoms with Gasteiger partial charge in [-0.1, -0.05) is 48.8 Å². The SMILES string of the molecule is CCc1cc(C)cc(CC)c1-c1c(OC(=O)C(C)(C)C)n2n(c1=O)CCOCC2.COC(=O)c1ccc(I)cc1S(=O)(=O)[N-]C(=O)Nc1nc(C)nc(OC)n1.COc1ccccc1C(=O)NS(=O)(=O)c1ccc(C(=O)NC2CC2)cc1.Cc1c(C(=O)c2c[nH]n(C)c2=O)ccc(S(C)(=O)=O)c1C1=NOCC1.[Na+]. The molecule has 32 nitrogen and oxygen atoms in total. The number of nitrogens with zero attached hydrogens (tertiary/aromatic N) is 8. The number of sulfonamides is 2. The van der Waals surface area contributed by atoms with Crippen molar-refractivity contribution in [2.75, 3.05) is 52.7 Å². The Kier molecular flexibility index (Phi) is 29.1. The number of ether oxygens (including phenoxy) is 5. The van der Waals surface area contributed by atoms with Crippen LogP contribution in [0.5, 0.6) is 17.6 Å². The fraction of sp³-hybridized carbons (Fsp3) is 0.352. The van der Waals surface area contributed by atoms with Gasteiger partial charge in [-0.05, 0) is 179 Å². The van der Waals surface area contributed by atoms with Crippen LogP contribution < -0.4 is 70.2 Å². The van der Waals surface area contributed by atoms with Crippen LogP contribution in [0.15, 0.2) is 127 Å². The number of fused-ring (bicyclic) bond motifs is 1. The third kappa shape index (κ3) is 21.1. The van der Waals surface area contributed by atoms with E-state index in [1.807, 2.05) is 48.1 Å². The van der Waals surface area contributed by atoms with E-state index in [2.05, 4.69) is 78.2 Å². The summed E-state index contributed by atoms with van der Waals surface area (Å²) >= 11 is 1.86. The topological polar surface area (TPSA) is 426 Å². The Morgan fingerprint density at radius 2 is 1.36 bits per heavy atom. The van der Waals surface area contributed by atoms with Crippen LogP contribution in [-0.4, -0.2) is 154 Å². The second-order valence-electron chi connectivity index (χ2n) is 25.3. The second kappa shape index (κ2) is 36.6. The van der Waals surface area contributed by atoms with Crippen molar-refractivity contribution >= 4 is 99.7 Å². The first-order chi connectivity index (χ1) is 50.5. The molecule has 37 heteroatoms. The molecule has 8 aromatic rings. The number of methoxy groups -OCH3 is 3. The number of urea groups is 1. The first-order valence-electron chi connectivity index (χ1n) is 33.1. The van der Waals surface area contributed by atoms with Gasteiger partial charge < -0.3 is 49.0 Å². The Balaban J connectivity index is 0.000000200. The van der Waals surface area contributed by atoms with Crippen molar-refractivity contribution in [2.45, 2.75) is 121 Å². The quantitative estimate of drug-likeness (QED) is 0.0354. The summed E-state index contributed by atoms with van der Waals surface area (Å²) in [5, 5.41) is 11.5. The Labute approximate surface area is 658 Å². The Morgan fingerprint density at radius 3 is 1.93 bits per heavy atom. The number of halogens is 1. The minimum absolute atomic E-state index is 0. The molecule has 11 rings (SSSR count). The molecule has 4 N–H and O–H groups in total. The number of para-hydroxylation sites is 1. The zero-order valence-electron chi connectivity index (χ0n) is 61.7. The molecule has 3 aliphatic rings. The maximum absolute atomic E-state index is 13.5. The van der Waals surface area contributed by atoms with Gasteiger partial charge in [0.15, 0.2) is 27.6 Å². The average Bonchev–Trinajstić information content (AvgIpc) is 1.58. The molecule has 2 aliphatic heterocycles. The third-order valence-electron chi connectivity index (χ3n) is 16.4. The third-order valence-corrected chi connectivity index (χ3v) is 20.8. The van der Waals surface area contributed by atoms with Crippen LogP contribution in [-0.2, 0) is 82.0 Å². The summed E-state index contributed by atoms with van der Waals surface area (Å²) in [6.07, 6.45) is 6.41. The van der Waals surface area contributed by atoms with E-state index in [1.54, 1.807) is 34.5 Å². The molecule has 1 fully saturated rings. The monoisotopic (exact) mass is 1670 g/mol. The molecule has 1 saturated carbocycles. The number of carbonyl (C=O) groups excluding carboxylic acids is 6. The second-order valence-corrected chi connectivity index (χ2v) is 31.7. The number of hydrogen-bond donors (Lipinski definition) is 4. The number of benzene rings is 5. The minimum Gasteiger partial charge on any atom is -0.496 e. The van der Waals surface area contributed by atoms with Crippen LogP contribution in [0, 0.1) is 29.8 Å². The van der Waals surface area contributed by atoms with Gasteiger partial charge in [-0.2, -0.15) is 9.97 Å². The molecular weight excluding hydrogens is 1590 g/mol. The zero-order chi connectivity index (χ0) is 78.6. The van der Waals surface area contributed by atoms with Crippen LogP contribution in [0.3, 0.4) is 0 Å². The van der Waals surface area contributed by atoms with Crippen LogP contribution in [0.4, 0.5) is 10.7 Å². The smallest absolute Gasteiger partial charge is 0.496 e. The summed E-state index contributed by atoms with van der Waals surface area (Å²) in [4.78, 5) is 115. The molecule has 1 aliphatic carbocycles. The van der Waals surface area contributed by atoms with Crippen LogP contribution in [0.2, 0.25) is 0 Å². The number of oxime groups is 1. The molecule has 0 unspecified atom stereocenters. The summed E-state index contributed by atoms with van der Waals surface area (Å²) in [5.41, 5.74) is 5.34. The van der Waals surface area contributed by atoms with Crippen LogP contribution >= 0.6 is 22.6 Å². The Hall–Kier alpha value is -9.44. The van der Waals surface area contributed by atoms with E-state index >= 15 is 0 Å². The van der Waals surface area contributed by atoms with Gasteiger partial charge in [0.1, 0.15) is 29.3 Å². The number of carbonyl (C=O) groups is 6. The van der Waals surface area contributed by atoms with Gasteiger partial charge in [0.05, 0.1) is 84.6 Å². The molecule has 0 atom stereocenters. The zero-order valence-corrected chi connectivity index (χ0v) is 68.3. The van der Waals surface area contributed by atoms with Gasteiger partial charge in [-0.15, -0.1) is 0 Å². The van der Waals surface area contributed by atoms with E-state index < -0.39 is 69.4 Å². The summed E-state index contributed by atoms with van der Waals surface area (Å²) < 4.78 is 110. The number of ketones is 1. The molecule has 5 aromatic carbocycles. The largest absolute Gasteiger partial charge is 1.00 e. The van der Waals surface area contributed by atoms with Gasteiger partial charge >= 0.3 is 47.5 Å². The van der Waals surface area contributed by atoms with Crippen molar-refractivity contribution < 1.29 is 112 Å². The van der Waals surface area contributed by atoms with Gasteiger partial charge in [-0.25, -0.2) is 49.1 Å². The predicted molar refractivity (Wildman–Crippen MR) is 400 cm³/mol. The molecule has 4 amide bonds. The van der Waals surface area contributed by atoms with E-state index in [1.165, 1.54) is 105 Å². The molecule has 0 spiro atoms. The summed E-state index contributed by atoms with van der Waals surface area (Å²) in [5.74, 6) is -2.12. The number of aromatic amines is 1. The van der Waals surface area contributed by atoms with E-state index in [0.717, 1.165) is 55.7 Å². The maximum atomic E-state index is 13.5. The molecule has 0 bridgehead atoms. The van der Waals surface area contributed by atoms with E-state index in [9.17, 15) is 63.6 Å². The molecule has 3 aromatic heterocycles. The number of hydrogen-bond acceptors (Lipinski definition) is 24. The predicted octanol–water partition coefficient (Wildman–Crippen LogP) is 5.10. The normalized spacial score (nSPS) is 13.2. The number of aromatic nitrogens is 7. The number of nitrogens with one attached hydrogen (secondary N) is 4. The number of anilines is 1. The first kappa shape index (κ1) is 85.8. The molecule has 0 radical (unpaired) electrons. The fourth-order valence-electron chi connectivity index (χ4n) is 10.9. The molecule has 5 heterocycles. The Morgan fingerprint density at radius 1 is 0.722 bits per heavy atom. The number of esters is 2. The molecular formula is C71H80IN12NaO20S3. The summed E-state index contributed by atoms with van der Waals surface area (Å²) in [7, 11) is -6.77. The average molecular weight is 1670 g/mol. The van der Waals surface area contributed by atoms with Crippen molar-refractivity contribution in [2.24, 2.45) is 17.6 Å². The van der Waals surface area contributed by atoms with Crippen LogP contribution in [0.1, 0.15) is 135 Å². The van der Waals surface area contributed by atoms with Gasteiger partial charge in [-0.3, -0.25) is 38.2 Å². The van der Waals surface area contributed by atoms with Crippen molar-refractivity contribution in [1.29, 1.82) is 0 Å². The standard InChI is InChI=1S/C23H32N2O4.C18H18N2O5S.C16H17N3O5S.C14H14IN5O6S.Na/c1-7-16-13-15(3)14-17(8-2)18(16)19-20(26)24-9-11-28-12-10-25(24)21(19)29-22(27)23(4,5)6;1-25-16-5-3-2-4-15(16)18(22)20-26(23,24)14-10-6-12(7-11-14)17(21)19-13-8-9-13;1-9-10(15(20)11-8-17-19(2)16(11)21)4-5-13(25(3,22)23)14(9)12-6-7-24-18-12;1-7-16-12(19-14(17-7)26-3)18-13(22)20-27(23,24)10-6-8(15)4-5-9(10)11(21)25-2;/h13-14H,7-12H2,1-6H3;2-7,10-11,13H,8-9H2,1H3,(H,19,21)(H,20,22);4-5,8,17H,6-7H2,1-3H3;4-6H,1-3H3,(H2,16,17,18,19,20,22);/q;;;;+1/p-1. The van der Waals surface area contributed by atoms with E-state index in [-0.39, 0.29) is 109 Å². The summed E-state index contributed by atoms with van der Waals surface area (Å²) in [6, 6.07) is 21.7. The number of sulfone groups is 1. The van der Waals surface area contributed by atoms with Crippen molar-refractivity contribution in [3.63, 3.8) is 0 Å². The van der Waals surface area contributed by atoms with Gasteiger partial charge in [0.2, 0.25) is 15.9 Å².